The third kappa shape index (κ3) is 3.25. The van der Waals surface area contributed by atoms with Crippen LogP contribution in [0.5, 0.6) is 0 Å². The molecule has 0 aromatic heterocycles. The molecular formula is C14H15Cl2NO3. The molecule has 108 valence electrons. The summed E-state index contributed by atoms with van der Waals surface area (Å²) in [4.78, 5) is 24.8. The van der Waals surface area contributed by atoms with Crippen molar-refractivity contribution in [2.45, 2.75) is 18.9 Å². The monoisotopic (exact) mass is 315 g/mol. The molecule has 1 amide bonds. The fourth-order valence-corrected chi connectivity index (χ4v) is 2.98. The first-order valence-corrected chi connectivity index (χ1v) is 7.25. The van der Waals surface area contributed by atoms with E-state index in [2.05, 4.69) is 0 Å². The van der Waals surface area contributed by atoms with Crippen molar-refractivity contribution in [1.29, 1.82) is 0 Å². The Morgan fingerprint density at radius 3 is 2.70 bits per heavy atom. The van der Waals surface area contributed by atoms with Gasteiger partial charge in [-0.05, 0) is 17.5 Å². The van der Waals surface area contributed by atoms with E-state index in [0.717, 1.165) is 0 Å². The molecule has 0 spiro atoms. The Labute approximate surface area is 127 Å². The predicted octanol–water partition coefficient (Wildman–Crippen LogP) is 2.94. The largest absolute Gasteiger partial charge is 0.481 e. The summed E-state index contributed by atoms with van der Waals surface area (Å²) < 4.78 is 0. The maximum atomic E-state index is 12.1. The van der Waals surface area contributed by atoms with Crippen molar-refractivity contribution >= 4 is 35.1 Å². The van der Waals surface area contributed by atoms with Crippen molar-refractivity contribution < 1.29 is 14.7 Å². The lowest BCUT2D eigenvalue weighted by Gasteiger charge is -2.28. The van der Waals surface area contributed by atoms with Crippen LogP contribution in [-0.2, 0) is 9.59 Å². The molecule has 20 heavy (non-hydrogen) atoms. The molecule has 1 N–H and O–H groups in total. The van der Waals surface area contributed by atoms with E-state index in [1.54, 1.807) is 29.2 Å². The van der Waals surface area contributed by atoms with Crippen LogP contribution in [0.1, 0.15) is 24.4 Å². The Balaban J connectivity index is 2.31. The zero-order chi connectivity index (χ0) is 14.7. The molecular weight excluding hydrogens is 301 g/mol. The number of rotatable bonds is 5. The number of alkyl halides is 1. The van der Waals surface area contributed by atoms with Gasteiger partial charge in [0.2, 0.25) is 5.91 Å². The number of nitrogens with zero attached hydrogens (tertiary/aromatic N) is 1. The number of halogens is 2. The van der Waals surface area contributed by atoms with Crippen molar-refractivity contribution in [1.82, 2.24) is 4.90 Å². The van der Waals surface area contributed by atoms with Crippen molar-refractivity contribution in [2.24, 2.45) is 5.92 Å². The molecule has 1 saturated heterocycles. The van der Waals surface area contributed by atoms with Crippen molar-refractivity contribution in [3.05, 3.63) is 34.9 Å². The van der Waals surface area contributed by atoms with Crippen LogP contribution in [0, 0.1) is 5.92 Å². The SMILES string of the molecule is O=C(O)CC(c1ccccc1Cl)N1CC(CCl)CC1=O. The fraction of sp³-hybridized carbons (Fsp3) is 0.429. The highest BCUT2D eigenvalue weighted by molar-refractivity contribution is 6.31. The molecule has 1 aliphatic rings. The number of carbonyl (C=O) groups is 2. The normalized spacial score (nSPS) is 20.2. The zero-order valence-electron chi connectivity index (χ0n) is 10.8. The molecule has 1 aromatic rings. The van der Waals surface area contributed by atoms with Gasteiger partial charge < -0.3 is 10.0 Å². The second-order valence-electron chi connectivity index (χ2n) is 4.91. The Morgan fingerprint density at radius 2 is 2.15 bits per heavy atom. The van der Waals surface area contributed by atoms with Crippen LogP contribution < -0.4 is 0 Å². The van der Waals surface area contributed by atoms with E-state index in [9.17, 15) is 9.59 Å². The summed E-state index contributed by atoms with van der Waals surface area (Å²) in [6.45, 7) is 0.478. The molecule has 1 heterocycles. The van der Waals surface area contributed by atoms with E-state index in [1.165, 1.54) is 0 Å². The summed E-state index contributed by atoms with van der Waals surface area (Å²) in [5.41, 5.74) is 0.667. The van der Waals surface area contributed by atoms with Gasteiger partial charge in [-0.3, -0.25) is 9.59 Å². The topological polar surface area (TPSA) is 57.6 Å². The minimum Gasteiger partial charge on any atom is -0.481 e. The predicted molar refractivity (Wildman–Crippen MR) is 77.0 cm³/mol. The van der Waals surface area contributed by atoms with Crippen LogP contribution in [0.4, 0.5) is 0 Å². The molecule has 1 fully saturated rings. The summed E-state index contributed by atoms with van der Waals surface area (Å²) in [5.74, 6) is -0.563. The van der Waals surface area contributed by atoms with Crippen LogP contribution >= 0.6 is 23.2 Å². The zero-order valence-corrected chi connectivity index (χ0v) is 12.3. The van der Waals surface area contributed by atoms with E-state index in [-0.39, 0.29) is 18.2 Å². The Kier molecular flexibility index (Phi) is 4.89. The number of carboxylic acids is 1. The summed E-state index contributed by atoms with van der Waals surface area (Å²) in [6.07, 6.45) is 0.203. The van der Waals surface area contributed by atoms with Gasteiger partial charge in [0, 0.05) is 23.9 Å². The minimum atomic E-state index is -0.961. The molecule has 0 bridgehead atoms. The minimum absolute atomic E-state index is 0.0678. The first kappa shape index (κ1) is 15.1. The standard InChI is InChI=1S/C14H15Cl2NO3/c15-7-9-5-13(18)17(8-9)12(6-14(19)20)10-3-1-2-4-11(10)16/h1-4,9,12H,5-8H2,(H,19,20). The number of carbonyl (C=O) groups excluding carboxylic acids is 1. The smallest absolute Gasteiger partial charge is 0.305 e. The van der Waals surface area contributed by atoms with Crippen LogP contribution in [-0.4, -0.2) is 34.3 Å². The van der Waals surface area contributed by atoms with E-state index in [4.69, 9.17) is 28.3 Å². The second-order valence-corrected chi connectivity index (χ2v) is 5.62. The van der Waals surface area contributed by atoms with Crippen molar-refractivity contribution in [3.8, 4) is 0 Å². The van der Waals surface area contributed by atoms with Crippen molar-refractivity contribution in [2.75, 3.05) is 12.4 Å². The maximum Gasteiger partial charge on any atom is 0.305 e. The van der Waals surface area contributed by atoms with Gasteiger partial charge in [-0.2, -0.15) is 0 Å². The Bertz CT molecular complexity index is 521. The number of aliphatic carboxylic acids is 1. The lowest BCUT2D eigenvalue weighted by atomic mass is 10.0. The first-order valence-electron chi connectivity index (χ1n) is 6.34. The number of amides is 1. The molecule has 0 saturated carbocycles. The summed E-state index contributed by atoms with van der Waals surface area (Å²) in [5, 5.41) is 9.57. The summed E-state index contributed by atoms with van der Waals surface area (Å²) in [7, 11) is 0. The van der Waals surface area contributed by atoms with Crippen LogP contribution in [0.3, 0.4) is 0 Å². The highest BCUT2D eigenvalue weighted by Crippen LogP contribution is 2.34. The molecule has 2 unspecified atom stereocenters. The van der Waals surface area contributed by atoms with Gasteiger partial charge in [0.15, 0.2) is 0 Å². The Hall–Kier alpha value is -1.26. The van der Waals surface area contributed by atoms with Gasteiger partial charge >= 0.3 is 5.97 Å². The fourth-order valence-electron chi connectivity index (χ4n) is 2.51. The van der Waals surface area contributed by atoms with Crippen LogP contribution in [0.15, 0.2) is 24.3 Å². The Morgan fingerprint density at radius 1 is 1.45 bits per heavy atom. The van der Waals surface area contributed by atoms with E-state index in [1.807, 2.05) is 0 Å². The van der Waals surface area contributed by atoms with Gasteiger partial charge in [0.1, 0.15) is 0 Å². The van der Waals surface area contributed by atoms with Gasteiger partial charge in [-0.1, -0.05) is 29.8 Å². The van der Waals surface area contributed by atoms with E-state index >= 15 is 0 Å². The molecule has 6 heteroatoms. The molecule has 0 radical (unpaired) electrons. The number of benzene rings is 1. The highest BCUT2D eigenvalue weighted by atomic mass is 35.5. The third-order valence-electron chi connectivity index (χ3n) is 3.47. The van der Waals surface area contributed by atoms with Gasteiger partial charge in [0.25, 0.3) is 0 Å². The number of carboxylic acid groups (broad SMARTS) is 1. The van der Waals surface area contributed by atoms with Crippen molar-refractivity contribution in [3.63, 3.8) is 0 Å². The average molecular weight is 316 g/mol. The second kappa shape index (κ2) is 6.46. The summed E-state index contributed by atoms with van der Waals surface area (Å²) in [6, 6.07) is 6.48. The molecule has 1 aromatic carbocycles. The molecule has 4 nitrogen and oxygen atoms in total. The molecule has 1 aliphatic heterocycles. The van der Waals surface area contributed by atoms with Crippen LogP contribution in [0.25, 0.3) is 0 Å². The van der Waals surface area contributed by atoms with E-state index < -0.39 is 12.0 Å². The highest BCUT2D eigenvalue weighted by Gasteiger charge is 2.36. The molecule has 0 aliphatic carbocycles. The number of hydrogen-bond acceptors (Lipinski definition) is 2. The summed E-state index contributed by atoms with van der Waals surface area (Å²) >= 11 is 11.9. The first-order chi connectivity index (χ1) is 9.52. The van der Waals surface area contributed by atoms with Gasteiger partial charge in [-0.25, -0.2) is 0 Å². The average Bonchev–Trinajstić information content (AvgIpc) is 2.78. The lowest BCUT2D eigenvalue weighted by Crippen LogP contribution is -2.32. The maximum absolute atomic E-state index is 12.1. The molecule has 2 rings (SSSR count). The molecule has 2 atom stereocenters. The van der Waals surface area contributed by atoms with Gasteiger partial charge in [-0.15, -0.1) is 11.6 Å². The number of likely N-dealkylation sites (tertiary alicyclic amines) is 1. The van der Waals surface area contributed by atoms with Crippen LogP contribution in [0.2, 0.25) is 5.02 Å². The third-order valence-corrected chi connectivity index (χ3v) is 4.25. The van der Waals surface area contributed by atoms with Gasteiger partial charge in [0.05, 0.1) is 12.5 Å². The lowest BCUT2D eigenvalue weighted by molar-refractivity contribution is -0.139. The number of hydrogen-bond donors (Lipinski definition) is 1. The van der Waals surface area contributed by atoms with E-state index in [0.29, 0.717) is 29.4 Å². The quantitative estimate of drug-likeness (QED) is 0.850.